The number of anilines is 1. The van der Waals surface area contributed by atoms with Crippen molar-refractivity contribution in [2.75, 3.05) is 31.2 Å². The van der Waals surface area contributed by atoms with Crippen molar-refractivity contribution in [2.24, 2.45) is 5.73 Å². The summed E-state index contributed by atoms with van der Waals surface area (Å²) < 4.78 is 5.42. The monoisotopic (exact) mass is 264 g/mol. The summed E-state index contributed by atoms with van der Waals surface area (Å²) in [4.78, 5) is 18.3. The molecule has 0 radical (unpaired) electrons. The van der Waals surface area contributed by atoms with Crippen molar-refractivity contribution in [3.8, 4) is 0 Å². The number of ether oxygens (including phenoxy) is 1. The topological polar surface area (TPSA) is 80.5 Å². The molecule has 1 fully saturated rings. The molecule has 6 heteroatoms. The Bertz CT molecular complexity index is 438. The highest BCUT2D eigenvalue weighted by atomic mass is 16.5. The van der Waals surface area contributed by atoms with Crippen LogP contribution in [0, 0.1) is 0 Å². The summed E-state index contributed by atoms with van der Waals surface area (Å²) >= 11 is 0. The zero-order chi connectivity index (χ0) is 13.7. The number of aromatic nitrogens is 1. The predicted octanol–water partition coefficient (Wildman–Crippen LogP) is -0.118. The number of likely N-dealkylation sites (N-methyl/N-ethyl adjacent to an activating group) is 1. The molecule has 104 valence electrons. The van der Waals surface area contributed by atoms with Gasteiger partial charge in [0.15, 0.2) is 0 Å². The Labute approximate surface area is 112 Å². The summed E-state index contributed by atoms with van der Waals surface area (Å²) in [5.74, 6) is -0.0194. The summed E-state index contributed by atoms with van der Waals surface area (Å²) in [6.07, 6.45) is 3.48. The van der Waals surface area contributed by atoms with E-state index in [2.05, 4.69) is 10.3 Å². The minimum atomic E-state index is -0.316. The zero-order valence-electron chi connectivity index (χ0n) is 11.1. The van der Waals surface area contributed by atoms with E-state index in [0.29, 0.717) is 32.8 Å². The maximum Gasteiger partial charge on any atom is 0.245 e. The highest BCUT2D eigenvalue weighted by Crippen LogP contribution is 2.23. The van der Waals surface area contributed by atoms with Crippen LogP contribution in [0.1, 0.15) is 12.5 Å². The van der Waals surface area contributed by atoms with Gasteiger partial charge in [-0.15, -0.1) is 0 Å². The molecule has 1 saturated heterocycles. The molecule has 1 atom stereocenters. The number of hydrogen-bond donors (Lipinski definition) is 2. The number of carbonyl (C=O) groups excluding carboxylic acids is 1. The second-order valence-corrected chi connectivity index (χ2v) is 4.39. The van der Waals surface area contributed by atoms with E-state index in [-0.39, 0.29) is 11.9 Å². The number of carbonyl (C=O) groups is 1. The molecule has 1 unspecified atom stereocenters. The first-order valence-corrected chi connectivity index (χ1v) is 6.53. The second kappa shape index (κ2) is 6.49. The molecule has 6 nitrogen and oxygen atoms in total. The van der Waals surface area contributed by atoms with Gasteiger partial charge in [-0.1, -0.05) is 0 Å². The maximum atomic E-state index is 12.1. The molecule has 1 aromatic rings. The first-order valence-electron chi connectivity index (χ1n) is 6.53. The number of amides is 1. The Hall–Kier alpha value is -1.66. The molecule has 1 aliphatic heterocycles. The van der Waals surface area contributed by atoms with E-state index in [1.54, 1.807) is 12.4 Å². The molecular formula is C13H20N4O2. The maximum absolute atomic E-state index is 12.1. The van der Waals surface area contributed by atoms with Crippen LogP contribution in [0.2, 0.25) is 0 Å². The second-order valence-electron chi connectivity index (χ2n) is 4.39. The quantitative estimate of drug-likeness (QED) is 0.792. The smallest absolute Gasteiger partial charge is 0.245 e. The molecule has 0 saturated carbocycles. The molecule has 1 aromatic heterocycles. The van der Waals surface area contributed by atoms with Crippen LogP contribution in [0.4, 0.5) is 5.69 Å². The predicted molar refractivity (Wildman–Crippen MR) is 72.8 cm³/mol. The fourth-order valence-electron chi connectivity index (χ4n) is 2.25. The van der Waals surface area contributed by atoms with Crippen LogP contribution in [0.3, 0.4) is 0 Å². The Balaban J connectivity index is 2.26. The third-order valence-electron chi connectivity index (χ3n) is 3.20. The van der Waals surface area contributed by atoms with Crippen LogP contribution in [-0.2, 0) is 16.1 Å². The van der Waals surface area contributed by atoms with Crippen LogP contribution in [-0.4, -0.2) is 43.2 Å². The molecule has 3 N–H and O–H groups in total. The summed E-state index contributed by atoms with van der Waals surface area (Å²) in [6.45, 7) is 4.61. The summed E-state index contributed by atoms with van der Waals surface area (Å²) in [5.41, 5.74) is 7.66. The summed E-state index contributed by atoms with van der Waals surface area (Å²) in [6, 6.07) is 1.57. The first-order chi connectivity index (χ1) is 9.27. The fraction of sp³-hybridized carbons (Fsp3) is 0.538. The van der Waals surface area contributed by atoms with Gasteiger partial charge in [-0.05, 0) is 18.6 Å². The van der Waals surface area contributed by atoms with Crippen molar-refractivity contribution in [1.29, 1.82) is 0 Å². The van der Waals surface area contributed by atoms with E-state index >= 15 is 0 Å². The molecule has 2 heterocycles. The standard InChI is InChI=1S/C13H20N4O2/c1-2-16-13(18)12-9-19-6-5-17(12)11-8-15-4-3-10(11)7-14/h3-4,8,12H,2,5-7,9,14H2,1H3,(H,16,18). The van der Waals surface area contributed by atoms with Gasteiger partial charge in [0.1, 0.15) is 6.04 Å². The van der Waals surface area contributed by atoms with Crippen LogP contribution < -0.4 is 16.0 Å². The van der Waals surface area contributed by atoms with E-state index in [1.165, 1.54) is 0 Å². The third-order valence-corrected chi connectivity index (χ3v) is 3.20. The van der Waals surface area contributed by atoms with Gasteiger partial charge >= 0.3 is 0 Å². The van der Waals surface area contributed by atoms with Crippen molar-refractivity contribution < 1.29 is 9.53 Å². The molecule has 0 bridgehead atoms. The van der Waals surface area contributed by atoms with Gasteiger partial charge in [-0.25, -0.2) is 0 Å². The molecule has 1 aliphatic rings. The van der Waals surface area contributed by atoms with Gasteiger partial charge in [-0.2, -0.15) is 0 Å². The lowest BCUT2D eigenvalue weighted by molar-refractivity contribution is -0.124. The Kier molecular flexibility index (Phi) is 4.70. The summed E-state index contributed by atoms with van der Waals surface area (Å²) in [7, 11) is 0. The van der Waals surface area contributed by atoms with Gasteiger partial charge in [0, 0.05) is 25.8 Å². The highest BCUT2D eigenvalue weighted by molar-refractivity contribution is 5.85. The molecule has 2 rings (SSSR count). The van der Waals surface area contributed by atoms with Crippen molar-refractivity contribution in [3.63, 3.8) is 0 Å². The Morgan fingerprint density at radius 3 is 3.26 bits per heavy atom. The molecule has 0 aliphatic carbocycles. The average Bonchev–Trinajstić information content (AvgIpc) is 2.47. The van der Waals surface area contributed by atoms with Gasteiger partial charge in [-0.3, -0.25) is 9.78 Å². The lowest BCUT2D eigenvalue weighted by Crippen LogP contribution is -2.54. The Morgan fingerprint density at radius 2 is 2.53 bits per heavy atom. The van der Waals surface area contributed by atoms with Gasteiger partial charge < -0.3 is 20.7 Å². The largest absolute Gasteiger partial charge is 0.377 e. The average molecular weight is 264 g/mol. The van der Waals surface area contributed by atoms with Gasteiger partial charge in [0.05, 0.1) is 25.1 Å². The van der Waals surface area contributed by atoms with Crippen LogP contribution in [0.15, 0.2) is 18.5 Å². The number of morpholine rings is 1. The fourth-order valence-corrected chi connectivity index (χ4v) is 2.25. The lowest BCUT2D eigenvalue weighted by Gasteiger charge is -2.37. The van der Waals surface area contributed by atoms with Crippen molar-refractivity contribution in [1.82, 2.24) is 10.3 Å². The number of nitrogens with zero attached hydrogens (tertiary/aromatic N) is 2. The third kappa shape index (κ3) is 3.02. The minimum absolute atomic E-state index is 0.0194. The molecular weight excluding hydrogens is 244 g/mol. The van der Waals surface area contributed by atoms with E-state index in [4.69, 9.17) is 10.5 Å². The number of rotatable bonds is 4. The van der Waals surface area contributed by atoms with E-state index < -0.39 is 0 Å². The first kappa shape index (κ1) is 13.8. The number of pyridine rings is 1. The van der Waals surface area contributed by atoms with Crippen LogP contribution in [0.5, 0.6) is 0 Å². The summed E-state index contributed by atoms with van der Waals surface area (Å²) in [5, 5.41) is 2.84. The van der Waals surface area contributed by atoms with E-state index in [1.807, 2.05) is 17.9 Å². The van der Waals surface area contributed by atoms with Gasteiger partial charge in [0.2, 0.25) is 5.91 Å². The van der Waals surface area contributed by atoms with Crippen LogP contribution >= 0.6 is 0 Å². The normalized spacial score (nSPS) is 19.3. The van der Waals surface area contributed by atoms with E-state index in [0.717, 1.165) is 11.3 Å². The van der Waals surface area contributed by atoms with Crippen molar-refractivity contribution >= 4 is 11.6 Å². The van der Waals surface area contributed by atoms with Crippen LogP contribution in [0.25, 0.3) is 0 Å². The molecule has 1 amide bonds. The number of hydrogen-bond acceptors (Lipinski definition) is 5. The highest BCUT2D eigenvalue weighted by Gasteiger charge is 2.30. The minimum Gasteiger partial charge on any atom is -0.377 e. The molecule has 0 aromatic carbocycles. The van der Waals surface area contributed by atoms with Crippen molar-refractivity contribution in [2.45, 2.75) is 19.5 Å². The Morgan fingerprint density at radius 1 is 1.68 bits per heavy atom. The molecule has 0 spiro atoms. The lowest BCUT2D eigenvalue weighted by atomic mass is 10.1. The van der Waals surface area contributed by atoms with Gasteiger partial charge in [0.25, 0.3) is 0 Å². The molecule has 19 heavy (non-hydrogen) atoms. The van der Waals surface area contributed by atoms with Crippen molar-refractivity contribution in [3.05, 3.63) is 24.0 Å². The van der Waals surface area contributed by atoms with E-state index in [9.17, 15) is 4.79 Å². The number of nitrogens with one attached hydrogen (secondary N) is 1. The zero-order valence-corrected chi connectivity index (χ0v) is 11.1. The number of nitrogens with two attached hydrogens (primary N) is 1. The SMILES string of the molecule is CCNC(=O)C1COCCN1c1cnccc1CN.